The van der Waals surface area contributed by atoms with Gasteiger partial charge < -0.3 is 13.9 Å². The molecule has 0 aliphatic rings. The molecule has 10 aromatic carbocycles. The van der Waals surface area contributed by atoms with E-state index in [1.54, 1.807) is 41.0 Å². The second kappa shape index (κ2) is 19.4. The summed E-state index contributed by atoms with van der Waals surface area (Å²) in [6.07, 6.45) is 4.36. The normalized spacial score (nSPS) is 16.8. The molecule has 0 unspecified atom stereocenters. The Labute approximate surface area is 478 Å². The van der Waals surface area contributed by atoms with Crippen LogP contribution in [-0.4, -0.2) is 14.1 Å². The van der Waals surface area contributed by atoms with Gasteiger partial charge in [-0.3, -0.25) is 4.57 Å². The second-order valence-electron chi connectivity index (χ2n) is 15.9. The number of ether oxygens (including phenoxy) is 1. The molecule has 350 valence electrons. The molecule has 0 aliphatic heterocycles. The van der Waals surface area contributed by atoms with Crippen molar-refractivity contribution in [3.05, 3.63) is 272 Å². The van der Waals surface area contributed by atoms with Crippen LogP contribution in [-0.2, 0) is 21.1 Å². The fourth-order valence-corrected chi connectivity index (χ4v) is 8.63. The van der Waals surface area contributed by atoms with Gasteiger partial charge in [-0.15, -0.1) is 29.7 Å². The van der Waals surface area contributed by atoms with Crippen LogP contribution in [0.15, 0.2) is 248 Å². The van der Waals surface area contributed by atoms with Crippen LogP contribution in [0.4, 0.5) is 0 Å². The van der Waals surface area contributed by atoms with Crippen molar-refractivity contribution in [1.82, 2.24) is 14.1 Å². The Kier molecular flexibility index (Phi) is 6.37. The van der Waals surface area contributed by atoms with Crippen molar-refractivity contribution in [3.8, 4) is 84.3 Å². The van der Waals surface area contributed by atoms with Gasteiger partial charge in [-0.05, 0) is 104 Å². The molecule has 0 saturated heterocycles. The van der Waals surface area contributed by atoms with Crippen LogP contribution in [0.2, 0.25) is 0 Å². The average Bonchev–Trinajstić information content (AvgIpc) is 1.72. The second-order valence-corrected chi connectivity index (χ2v) is 15.9. The van der Waals surface area contributed by atoms with Crippen LogP contribution in [0.5, 0.6) is 11.5 Å². The summed E-state index contributed by atoms with van der Waals surface area (Å²) in [5.74, 6) is 0.0602. The Morgan fingerprint density at radius 3 is 1.74 bits per heavy atom. The minimum atomic E-state index is -2.92. The maximum Gasteiger partial charge on any atom is 0.268 e. The Bertz CT molecular complexity index is 5560. The summed E-state index contributed by atoms with van der Waals surface area (Å²) in [4.78, 5) is 4.64. The third-order valence-electron chi connectivity index (χ3n) is 11.8. The van der Waals surface area contributed by atoms with E-state index in [0.717, 1.165) is 6.20 Å². The summed E-state index contributed by atoms with van der Waals surface area (Å²) in [5, 5.41) is 1.26. The first-order chi connectivity index (χ1) is 47.2. The van der Waals surface area contributed by atoms with Gasteiger partial charge in [0.2, 0.25) is 0 Å². The standard InChI is InChI=1S/C67H44N4O.Pt/c1-46-38-66(68-44-61(46)51-28-15-6-16-29-51)71-62-33-18-17-32-57(62)58-36-35-56(43-64(58)71)72-55-31-19-30-54(42-55)69-45-70(63-37-34-52(41-65(63)69)47-20-7-2-8-21-47)67-59(49-24-11-4-12-25-49)39-53(48-22-9-3-10-23-48)40-60(67)50-26-13-5-14-27-50;/h2-41,44H,1H3;/q-2;/i1D3,2D,3D,4D,5D,6D,7D,8D,9D,10D,11D,12D,13D,14D,15D,16D,20D,21D,22D,23D,24D,25D,26D,27D,28D,29D;. The number of aromatic nitrogens is 4. The first-order valence-corrected chi connectivity index (χ1v) is 21.9. The van der Waals surface area contributed by atoms with Crippen molar-refractivity contribution in [2.75, 3.05) is 0 Å². The third kappa shape index (κ3) is 8.44. The molecule has 13 rings (SSSR count). The van der Waals surface area contributed by atoms with E-state index in [9.17, 15) is 5.48 Å². The van der Waals surface area contributed by atoms with E-state index in [1.807, 2.05) is 6.07 Å². The molecule has 0 bridgehead atoms. The van der Waals surface area contributed by atoms with Gasteiger partial charge in [-0.25, -0.2) is 4.98 Å². The smallest absolute Gasteiger partial charge is 0.268 e. The van der Waals surface area contributed by atoms with Gasteiger partial charge in [0.1, 0.15) is 5.82 Å². The zero-order valence-electron chi connectivity index (χ0n) is 65.3. The number of aryl methyl sites for hydroxylation is 1. The van der Waals surface area contributed by atoms with Crippen molar-refractivity contribution in [2.45, 2.75) is 6.85 Å². The van der Waals surface area contributed by atoms with Crippen molar-refractivity contribution in [1.29, 1.82) is 0 Å². The molecule has 0 spiro atoms. The molecule has 0 N–H and O–H groups in total. The van der Waals surface area contributed by atoms with E-state index in [2.05, 4.69) is 23.4 Å². The number of para-hydroxylation sites is 1. The number of pyridine rings is 1. The molecule has 0 atom stereocenters. The van der Waals surface area contributed by atoms with Crippen molar-refractivity contribution >= 4 is 32.8 Å². The van der Waals surface area contributed by atoms with Gasteiger partial charge in [0.15, 0.2) is 0 Å². The molecule has 0 amide bonds. The minimum absolute atomic E-state index is 0. The van der Waals surface area contributed by atoms with Crippen LogP contribution in [0, 0.1) is 25.3 Å². The predicted octanol–water partition coefficient (Wildman–Crippen LogP) is 16.2. The van der Waals surface area contributed by atoms with Crippen molar-refractivity contribution < 1.29 is 68.8 Å². The van der Waals surface area contributed by atoms with Crippen molar-refractivity contribution in [3.63, 3.8) is 0 Å². The first-order valence-electron chi connectivity index (χ1n) is 35.9. The van der Waals surface area contributed by atoms with E-state index >= 15 is 0 Å². The number of rotatable bonds is 10. The Balaban J connectivity index is 0.00000965. The molecular weight excluding hydrogens is 1070 g/mol. The summed E-state index contributed by atoms with van der Waals surface area (Å²) in [6, 6.07) is 10.5. The van der Waals surface area contributed by atoms with Crippen LogP contribution in [0.25, 0.3) is 106 Å². The molecule has 3 aromatic heterocycles. The number of nitrogens with zero attached hydrogens (tertiary/aromatic N) is 4. The van der Waals surface area contributed by atoms with Gasteiger partial charge >= 0.3 is 0 Å². The topological polar surface area (TPSA) is 35.9 Å². The molecule has 0 radical (unpaired) electrons. The third-order valence-corrected chi connectivity index (χ3v) is 11.8. The maximum absolute atomic E-state index is 9.43. The molecule has 13 aromatic rings. The summed E-state index contributed by atoms with van der Waals surface area (Å²) >= 11 is 0. The van der Waals surface area contributed by atoms with Crippen LogP contribution in [0.3, 0.4) is 0 Å². The maximum atomic E-state index is 9.43. The van der Waals surface area contributed by atoms with E-state index < -0.39 is 186 Å². The van der Waals surface area contributed by atoms with Gasteiger partial charge in [-0.2, -0.15) is 18.2 Å². The van der Waals surface area contributed by atoms with Crippen LogP contribution in [0.1, 0.15) is 43.9 Å². The van der Waals surface area contributed by atoms with Gasteiger partial charge in [0, 0.05) is 54.0 Å². The average molecular weight is 1140 g/mol. The predicted molar refractivity (Wildman–Crippen MR) is 292 cm³/mol. The molecular formula is C67H44N4OPt-2. The van der Waals surface area contributed by atoms with E-state index in [0.29, 0.717) is 21.8 Å². The summed E-state index contributed by atoms with van der Waals surface area (Å²) in [7, 11) is 0. The Morgan fingerprint density at radius 1 is 0.507 bits per heavy atom. The summed E-state index contributed by atoms with van der Waals surface area (Å²) in [6.45, 7) is -2.92. The van der Waals surface area contributed by atoms with Crippen LogP contribution < -0.4 is 9.30 Å². The first kappa shape index (κ1) is 24.0. The number of benzene rings is 10. The van der Waals surface area contributed by atoms with Gasteiger partial charge in [-0.1, -0.05) is 187 Å². The molecule has 3 heterocycles. The molecule has 6 heteroatoms. The zero-order chi connectivity index (χ0) is 72.2. The molecule has 73 heavy (non-hydrogen) atoms. The van der Waals surface area contributed by atoms with E-state index in [4.69, 9.17) is 37.6 Å². The summed E-state index contributed by atoms with van der Waals surface area (Å²) in [5.41, 5.74) is -3.28. The van der Waals surface area contributed by atoms with Crippen LogP contribution >= 0.6 is 0 Å². The van der Waals surface area contributed by atoms with Gasteiger partial charge in [0.25, 0.3) is 6.33 Å². The zero-order valence-corrected chi connectivity index (χ0v) is 39.5. The monoisotopic (exact) mass is 1140 g/mol. The van der Waals surface area contributed by atoms with Gasteiger partial charge in [0.05, 0.1) is 51.0 Å². The molecule has 0 aliphatic carbocycles. The SMILES string of the molecule is [2H]c1c([2H])c([2H])c(-c2cc(-c3c([2H])c([2H])c([2H])c([2H])c3[2H])c(-[n+]3[c-]n(-c4[c-]c(Oc5[c-]c6c(cc5)c5ccccc5n6-c5cc(C([2H])([2H])[2H])c(-c6c([2H])c([2H])c([2H])c([2H])c6[2H])cn5)ccc4)c4cc(-c5c([2H])c([2H])c([2H])c([2H])c5[2H])ccc43)c(-c3c([2H])c([2H])c([2H])c([2H])c3[2H])c2)c([2H])c1[2H].[Pt]. The fraction of sp³-hybridized carbons (Fsp3) is 0.0149. The largest absolute Gasteiger partial charge is 0.510 e. The van der Waals surface area contributed by atoms with Crippen molar-refractivity contribution in [2.24, 2.45) is 0 Å². The molecule has 5 nitrogen and oxygen atoms in total. The summed E-state index contributed by atoms with van der Waals surface area (Å²) < 4.78 is 257. The molecule has 0 saturated carbocycles. The number of fused-ring (bicyclic) bond motifs is 4. The number of hydrogen-bond donors (Lipinski definition) is 0. The van der Waals surface area contributed by atoms with E-state index in [1.165, 1.54) is 57.7 Å². The van der Waals surface area contributed by atoms with E-state index in [-0.39, 0.29) is 94.2 Å². The number of hydrogen-bond acceptors (Lipinski definition) is 2. The Morgan fingerprint density at radius 2 is 1.10 bits per heavy atom. The Hall–Kier alpha value is -8.89. The fourth-order valence-electron chi connectivity index (χ4n) is 8.63. The minimum Gasteiger partial charge on any atom is -0.510 e. The quantitative estimate of drug-likeness (QED) is 0.101. The number of imidazole rings is 1. The molecule has 0 fully saturated rings.